The number of ether oxygens (including phenoxy) is 1. The third kappa shape index (κ3) is 7.08. The Morgan fingerprint density at radius 3 is 2.70 bits per heavy atom. The molecule has 0 fully saturated rings. The number of nitrogens with zero attached hydrogens (tertiary/aromatic N) is 2. The van der Waals surface area contributed by atoms with Crippen LogP contribution in [0.5, 0.6) is 5.75 Å². The third-order valence-corrected chi connectivity index (χ3v) is 6.03. The first-order valence-corrected chi connectivity index (χ1v) is 12.4. The highest BCUT2D eigenvalue weighted by molar-refractivity contribution is 5.76. The number of aromatic nitrogens is 2. The summed E-state index contributed by atoms with van der Waals surface area (Å²) in [7, 11) is 0. The first kappa shape index (κ1) is 24.8. The van der Waals surface area contributed by atoms with E-state index in [9.17, 15) is 4.79 Å². The van der Waals surface area contributed by atoms with E-state index in [1.807, 2.05) is 13.0 Å². The van der Waals surface area contributed by atoms with Gasteiger partial charge in [-0.25, -0.2) is 4.98 Å². The minimum Gasteiger partial charge on any atom is -0.493 e. The summed E-state index contributed by atoms with van der Waals surface area (Å²) in [4.78, 5) is 16.3. The second-order valence-electron chi connectivity index (χ2n) is 9.08. The van der Waals surface area contributed by atoms with Gasteiger partial charge in [0.15, 0.2) is 0 Å². The van der Waals surface area contributed by atoms with Gasteiger partial charge in [-0.15, -0.1) is 0 Å². The Labute approximate surface area is 198 Å². The number of hydrogen-bond acceptors (Lipinski definition) is 3. The molecule has 0 aliphatic carbocycles. The second kappa shape index (κ2) is 12.4. The number of nitrogens with one attached hydrogen (secondary N) is 1. The number of carbonyl (C=O) groups is 1. The number of fused-ring (bicyclic) bond motifs is 1. The first-order chi connectivity index (χ1) is 16.0. The van der Waals surface area contributed by atoms with Gasteiger partial charge in [0, 0.05) is 25.9 Å². The standard InChI is InChI=1S/C28H39N3O2/c1-5-28(32)29-17-10-6-7-14-27-30-24-12-8-9-13-25(24)31(27)18-11-19-33-26-20-22(4)15-16-23(26)21(2)3/h8-9,12-13,15-16,20-21H,5-7,10-11,14,17-19H2,1-4H3,(H,29,32). The van der Waals surface area contributed by atoms with E-state index in [-0.39, 0.29) is 5.91 Å². The topological polar surface area (TPSA) is 56.2 Å². The highest BCUT2D eigenvalue weighted by Crippen LogP contribution is 2.27. The minimum atomic E-state index is 0.130. The fraction of sp³-hybridized carbons (Fsp3) is 0.500. The van der Waals surface area contributed by atoms with Crippen LogP contribution in [0.2, 0.25) is 0 Å². The average Bonchev–Trinajstić information content (AvgIpc) is 3.16. The van der Waals surface area contributed by atoms with Crippen LogP contribution in [0.25, 0.3) is 11.0 Å². The molecule has 0 spiro atoms. The highest BCUT2D eigenvalue weighted by atomic mass is 16.5. The molecule has 178 valence electrons. The number of benzene rings is 2. The molecule has 33 heavy (non-hydrogen) atoms. The van der Waals surface area contributed by atoms with E-state index in [0.29, 0.717) is 18.9 Å². The number of aryl methyl sites for hydroxylation is 3. The van der Waals surface area contributed by atoms with Crippen molar-refractivity contribution in [3.05, 3.63) is 59.4 Å². The summed E-state index contributed by atoms with van der Waals surface area (Å²) in [5.41, 5.74) is 4.75. The van der Waals surface area contributed by atoms with Crippen LogP contribution in [-0.2, 0) is 17.8 Å². The van der Waals surface area contributed by atoms with Crippen LogP contribution in [0.3, 0.4) is 0 Å². The van der Waals surface area contributed by atoms with Gasteiger partial charge in [0.1, 0.15) is 11.6 Å². The molecule has 5 heteroatoms. The maximum Gasteiger partial charge on any atom is 0.219 e. The molecule has 0 saturated carbocycles. The van der Waals surface area contributed by atoms with Gasteiger partial charge in [0.05, 0.1) is 17.6 Å². The van der Waals surface area contributed by atoms with Crippen LogP contribution >= 0.6 is 0 Å². The molecular weight excluding hydrogens is 410 g/mol. The SMILES string of the molecule is CCC(=O)NCCCCCc1nc2ccccc2n1CCCOc1cc(C)ccc1C(C)C. The van der Waals surface area contributed by atoms with E-state index in [4.69, 9.17) is 9.72 Å². The zero-order chi connectivity index (χ0) is 23.6. The van der Waals surface area contributed by atoms with Crippen molar-refractivity contribution in [2.75, 3.05) is 13.2 Å². The van der Waals surface area contributed by atoms with Gasteiger partial charge >= 0.3 is 0 Å². The van der Waals surface area contributed by atoms with Crippen LogP contribution in [0, 0.1) is 6.92 Å². The number of hydrogen-bond donors (Lipinski definition) is 1. The van der Waals surface area contributed by atoms with Gasteiger partial charge < -0.3 is 14.6 Å². The molecule has 0 saturated heterocycles. The molecule has 0 aliphatic rings. The van der Waals surface area contributed by atoms with Crippen molar-refractivity contribution in [2.45, 2.75) is 78.7 Å². The predicted molar refractivity (Wildman–Crippen MR) is 136 cm³/mol. The molecule has 1 amide bonds. The molecular formula is C28H39N3O2. The van der Waals surface area contributed by atoms with Gasteiger partial charge in [0.2, 0.25) is 5.91 Å². The monoisotopic (exact) mass is 449 g/mol. The van der Waals surface area contributed by atoms with Crippen LogP contribution in [0.1, 0.15) is 75.7 Å². The fourth-order valence-electron chi connectivity index (χ4n) is 4.15. The molecule has 1 N–H and O–H groups in total. The molecule has 5 nitrogen and oxygen atoms in total. The molecule has 0 bridgehead atoms. The number of imidazole rings is 1. The maximum atomic E-state index is 11.4. The largest absolute Gasteiger partial charge is 0.493 e. The van der Waals surface area contributed by atoms with Gasteiger partial charge in [-0.3, -0.25) is 4.79 Å². The molecule has 0 radical (unpaired) electrons. The summed E-state index contributed by atoms with van der Waals surface area (Å²) in [5, 5.41) is 2.95. The third-order valence-electron chi connectivity index (χ3n) is 6.03. The lowest BCUT2D eigenvalue weighted by Gasteiger charge is -2.15. The van der Waals surface area contributed by atoms with Gasteiger partial charge in [0.25, 0.3) is 0 Å². The van der Waals surface area contributed by atoms with Crippen LogP contribution in [0.15, 0.2) is 42.5 Å². The van der Waals surface area contributed by atoms with Gasteiger partial charge in [-0.2, -0.15) is 0 Å². The lowest BCUT2D eigenvalue weighted by atomic mass is 10.0. The lowest BCUT2D eigenvalue weighted by Crippen LogP contribution is -2.23. The minimum absolute atomic E-state index is 0.130. The van der Waals surface area contributed by atoms with Gasteiger partial charge in [-0.1, -0.05) is 51.5 Å². The number of amides is 1. The van der Waals surface area contributed by atoms with Crippen LogP contribution in [-0.4, -0.2) is 28.6 Å². The molecule has 2 aromatic carbocycles. The highest BCUT2D eigenvalue weighted by Gasteiger charge is 2.11. The van der Waals surface area contributed by atoms with Crippen molar-refractivity contribution >= 4 is 16.9 Å². The summed E-state index contributed by atoms with van der Waals surface area (Å²) in [6.45, 7) is 10.8. The number of carbonyl (C=O) groups excluding carboxylic acids is 1. The molecule has 1 heterocycles. The summed E-state index contributed by atoms with van der Waals surface area (Å²) >= 11 is 0. The summed E-state index contributed by atoms with van der Waals surface area (Å²) in [6, 6.07) is 14.9. The van der Waals surface area contributed by atoms with Crippen molar-refractivity contribution in [1.29, 1.82) is 0 Å². The van der Waals surface area contributed by atoms with E-state index in [1.165, 1.54) is 16.6 Å². The van der Waals surface area contributed by atoms with E-state index in [2.05, 4.69) is 67.1 Å². The number of para-hydroxylation sites is 2. The van der Waals surface area contributed by atoms with E-state index in [0.717, 1.165) is 62.3 Å². The maximum absolute atomic E-state index is 11.4. The Morgan fingerprint density at radius 2 is 1.91 bits per heavy atom. The van der Waals surface area contributed by atoms with Gasteiger partial charge in [-0.05, 0) is 61.4 Å². The number of unbranched alkanes of at least 4 members (excludes halogenated alkanes) is 2. The normalized spacial score (nSPS) is 11.3. The lowest BCUT2D eigenvalue weighted by molar-refractivity contribution is -0.120. The zero-order valence-electron chi connectivity index (χ0n) is 20.7. The van der Waals surface area contributed by atoms with Crippen LogP contribution in [0.4, 0.5) is 0 Å². The Morgan fingerprint density at radius 1 is 1.09 bits per heavy atom. The Balaban J connectivity index is 1.56. The van der Waals surface area contributed by atoms with E-state index in [1.54, 1.807) is 0 Å². The molecule has 3 rings (SSSR count). The van der Waals surface area contributed by atoms with Crippen molar-refractivity contribution < 1.29 is 9.53 Å². The van der Waals surface area contributed by atoms with Crippen molar-refractivity contribution in [1.82, 2.24) is 14.9 Å². The van der Waals surface area contributed by atoms with Crippen LogP contribution < -0.4 is 10.1 Å². The second-order valence-corrected chi connectivity index (χ2v) is 9.08. The molecule has 1 aromatic heterocycles. The quantitative estimate of drug-likeness (QED) is 0.317. The smallest absolute Gasteiger partial charge is 0.219 e. The number of rotatable bonds is 13. The van der Waals surface area contributed by atoms with Crippen molar-refractivity contribution in [3.63, 3.8) is 0 Å². The average molecular weight is 450 g/mol. The zero-order valence-corrected chi connectivity index (χ0v) is 20.7. The Kier molecular flexibility index (Phi) is 9.35. The van der Waals surface area contributed by atoms with E-state index < -0.39 is 0 Å². The molecule has 0 unspecified atom stereocenters. The molecule has 0 atom stereocenters. The summed E-state index contributed by atoms with van der Waals surface area (Å²) in [6.07, 6.45) is 5.60. The summed E-state index contributed by atoms with van der Waals surface area (Å²) < 4.78 is 8.57. The molecule has 3 aromatic rings. The Bertz CT molecular complexity index is 1040. The first-order valence-electron chi connectivity index (χ1n) is 12.4. The predicted octanol–water partition coefficient (Wildman–Crippen LogP) is 6.18. The summed E-state index contributed by atoms with van der Waals surface area (Å²) in [5.74, 6) is 2.73. The van der Waals surface area contributed by atoms with Crippen molar-refractivity contribution in [2.24, 2.45) is 0 Å². The molecule has 0 aliphatic heterocycles. The van der Waals surface area contributed by atoms with Crippen molar-refractivity contribution in [3.8, 4) is 5.75 Å². The van der Waals surface area contributed by atoms with E-state index >= 15 is 0 Å². The fourth-order valence-corrected chi connectivity index (χ4v) is 4.15. The Hall–Kier alpha value is -2.82.